The molecule has 2 atom stereocenters. The van der Waals surface area contributed by atoms with Gasteiger partial charge in [-0.2, -0.15) is 0 Å². The molecule has 160 valence electrons. The van der Waals surface area contributed by atoms with E-state index >= 15 is 0 Å². The fraction of sp³-hybridized carbons (Fsp3) is 0.192. The van der Waals surface area contributed by atoms with Crippen molar-refractivity contribution in [3.8, 4) is 0 Å². The second-order valence-electron chi connectivity index (χ2n) is 7.97. The average molecular weight is 443 g/mol. The van der Waals surface area contributed by atoms with Gasteiger partial charge in [-0.15, -0.1) is 11.8 Å². The van der Waals surface area contributed by atoms with E-state index in [2.05, 4.69) is 11.4 Å². The van der Waals surface area contributed by atoms with E-state index in [1.54, 1.807) is 36.0 Å². The highest BCUT2D eigenvalue weighted by molar-refractivity contribution is 7.99. The van der Waals surface area contributed by atoms with Gasteiger partial charge in [-0.3, -0.25) is 19.3 Å². The molecule has 0 aliphatic carbocycles. The Hall–Kier alpha value is -3.38. The second kappa shape index (κ2) is 8.63. The quantitative estimate of drug-likeness (QED) is 0.600. The van der Waals surface area contributed by atoms with E-state index in [-0.39, 0.29) is 18.4 Å². The molecule has 0 bridgehead atoms. The summed E-state index contributed by atoms with van der Waals surface area (Å²) in [5, 5.41) is 3.14. The smallest absolute Gasteiger partial charge is 0.262 e. The van der Waals surface area contributed by atoms with Crippen molar-refractivity contribution in [2.24, 2.45) is 0 Å². The maximum atomic E-state index is 13.6. The van der Waals surface area contributed by atoms with E-state index < -0.39 is 17.9 Å². The van der Waals surface area contributed by atoms with Gasteiger partial charge in [0.15, 0.2) is 0 Å². The van der Waals surface area contributed by atoms with Crippen molar-refractivity contribution >= 4 is 29.5 Å². The third-order valence-electron chi connectivity index (χ3n) is 5.99. The van der Waals surface area contributed by atoms with Crippen LogP contribution in [0.25, 0.3) is 0 Å². The van der Waals surface area contributed by atoms with Crippen molar-refractivity contribution in [3.63, 3.8) is 0 Å². The predicted molar refractivity (Wildman–Crippen MR) is 124 cm³/mol. The first-order valence-electron chi connectivity index (χ1n) is 10.7. The molecule has 0 saturated heterocycles. The van der Waals surface area contributed by atoms with Gasteiger partial charge in [-0.05, 0) is 35.7 Å². The number of amides is 3. The van der Waals surface area contributed by atoms with E-state index in [0.717, 1.165) is 33.1 Å². The molecule has 6 heteroatoms. The van der Waals surface area contributed by atoms with Crippen LogP contribution in [0, 0.1) is 0 Å². The zero-order valence-corrected chi connectivity index (χ0v) is 18.2. The Morgan fingerprint density at radius 2 is 1.53 bits per heavy atom. The topological polar surface area (TPSA) is 66.5 Å². The zero-order chi connectivity index (χ0) is 22.1. The molecule has 0 spiro atoms. The van der Waals surface area contributed by atoms with E-state index in [1.165, 1.54) is 0 Å². The van der Waals surface area contributed by atoms with E-state index in [4.69, 9.17) is 0 Å². The zero-order valence-electron chi connectivity index (χ0n) is 17.4. The Morgan fingerprint density at radius 1 is 0.906 bits per heavy atom. The Balaban J connectivity index is 1.47. The highest BCUT2D eigenvalue weighted by atomic mass is 32.2. The number of hydrogen-bond acceptors (Lipinski definition) is 4. The minimum absolute atomic E-state index is 0.145. The van der Waals surface area contributed by atoms with Crippen molar-refractivity contribution in [1.29, 1.82) is 0 Å². The molecule has 32 heavy (non-hydrogen) atoms. The lowest BCUT2D eigenvalue weighted by atomic mass is 10.0. The predicted octanol–water partition coefficient (Wildman–Crippen LogP) is 4.25. The van der Waals surface area contributed by atoms with Gasteiger partial charge in [0.25, 0.3) is 11.8 Å². The highest BCUT2D eigenvalue weighted by Crippen LogP contribution is 2.36. The van der Waals surface area contributed by atoms with Crippen molar-refractivity contribution < 1.29 is 14.4 Å². The van der Waals surface area contributed by atoms with Gasteiger partial charge >= 0.3 is 0 Å². The van der Waals surface area contributed by atoms with Gasteiger partial charge < -0.3 is 5.32 Å². The Morgan fingerprint density at radius 3 is 2.25 bits per heavy atom. The molecule has 2 aliphatic heterocycles. The van der Waals surface area contributed by atoms with E-state index in [0.29, 0.717) is 11.1 Å². The SMILES string of the molecule is O=C(N[C@H]1CCSc2ccccc21)[C@@H](Cc1ccccc1)N1C(=O)c2ccccc2C1=O. The maximum Gasteiger partial charge on any atom is 0.262 e. The minimum Gasteiger partial charge on any atom is -0.347 e. The molecule has 5 rings (SSSR count). The number of thioether (sulfide) groups is 1. The van der Waals surface area contributed by atoms with Gasteiger partial charge in [0.05, 0.1) is 17.2 Å². The normalized spacial score (nSPS) is 18.1. The number of imide groups is 1. The van der Waals surface area contributed by atoms with Crippen LogP contribution >= 0.6 is 11.8 Å². The number of rotatable bonds is 5. The third-order valence-corrected chi connectivity index (χ3v) is 7.11. The van der Waals surface area contributed by atoms with Crippen LogP contribution in [0.5, 0.6) is 0 Å². The van der Waals surface area contributed by atoms with E-state index in [9.17, 15) is 14.4 Å². The summed E-state index contributed by atoms with van der Waals surface area (Å²) in [7, 11) is 0. The monoisotopic (exact) mass is 442 g/mol. The van der Waals surface area contributed by atoms with Crippen LogP contribution in [0.3, 0.4) is 0 Å². The van der Waals surface area contributed by atoms with Crippen molar-refractivity contribution in [2.75, 3.05) is 5.75 Å². The molecule has 0 fully saturated rings. The highest BCUT2D eigenvalue weighted by Gasteiger charge is 2.43. The molecular formula is C26H22N2O3S. The first-order valence-corrected chi connectivity index (χ1v) is 11.6. The third kappa shape index (κ3) is 3.71. The number of carbonyl (C=O) groups excluding carboxylic acids is 3. The fourth-order valence-corrected chi connectivity index (χ4v) is 5.51. The van der Waals surface area contributed by atoms with Crippen molar-refractivity contribution in [2.45, 2.75) is 29.8 Å². The first-order chi connectivity index (χ1) is 15.6. The van der Waals surface area contributed by atoms with Gasteiger partial charge in [0.1, 0.15) is 6.04 Å². The summed E-state index contributed by atoms with van der Waals surface area (Å²) in [6.45, 7) is 0. The number of nitrogens with zero attached hydrogens (tertiary/aromatic N) is 1. The van der Waals surface area contributed by atoms with Crippen LogP contribution < -0.4 is 5.32 Å². The lowest BCUT2D eigenvalue weighted by molar-refractivity contribution is -0.125. The number of fused-ring (bicyclic) bond motifs is 2. The second-order valence-corrected chi connectivity index (χ2v) is 9.10. The number of benzene rings is 3. The average Bonchev–Trinajstić information content (AvgIpc) is 3.08. The molecule has 5 nitrogen and oxygen atoms in total. The maximum absolute atomic E-state index is 13.6. The van der Waals surface area contributed by atoms with Gasteiger partial charge in [0.2, 0.25) is 5.91 Å². The lowest BCUT2D eigenvalue weighted by Crippen LogP contribution is -2.51. The van der Waals surface area contributed by atoms with Crippen molar-refractivity contribution in [3.05, 3.63) is 101 Å². The van der Waals surface area contributed by atoms with Gasteiger partial charge in [0, 0.05) is 17.1 Å². The molecule has 0 radical (unpaired) electrons. The molecule has 0 saturated carbocycles. The Bertz CT molecular complexity index is 1160. The summed E-state index contributed by atoms with van der Waals surface area (Å²) in [6.07, 6.45) is 1.06. The van der Waals surface area contributed by atoms with Crippen LogP contribution in [0.1, 0.15) is 44.3 Å². The molecule has 3 aromatic carbocycles. The fourth-order valence-electron chi connectivity index (χ4n) is 4.39. The molecule has 3 amide bonds. The number of hydrogen-bond donors (Lipinski definition) is 1. The van der Waals surface area contributed by atoms with Gasteiger partial charge in [-0.1, -0.05) is 60.7 Å². The van der Waals surface area contributed by atoms with Crippen LogP contribution in [0.2, 0.25) is 0 Å². The van der Waals surface area contributed by atoms with Crippen molar-refractivity contribution in [1.82, 2.24) is 10.2 Å². The number of nitrogens with one attached hydrogen (secondary N) is 1. The molecular weight excluding hydrogens is 420 g/mol. The number of carbonyl (C=O) groups is 3. The molecule has 0 aromatic heterocycles. The molecule has 2 heterocycles. The summed E-state index contributed by atoms with van der Waals surface area (Å²) in [5.41, 5.74) is 2.67. The van der Waals surface area contributed by atoms with Crippen LogP contribution in [0.15, 0.2) is 83.8 Å². The summed E-state index contributed by atoms with van der Waals surface area (Å²) in [5.74, 6) is -0.240. The van der Waals surface area contributed by atoms with Gasteiger partial charge in [-0.25, -0.2) is 0 Å². The molecule has 1 N–H and O–H groups in total. The van der Waals surface area contributed by atoms with E-state index in [1.807, 2.05) is 48.5 Å². The summed E-state index contributed by atoms with van der Waals surface area (Å²) >= 11 is 1.78. The Labute approximate surface area is 190 Å². The Kier molecular flexibility index (Phi) is 5.53. The molecule has 2 aliphatic rings. The first kappa shape index (κ1) is 20.5. The molecule has 3 aromatic rings. The standard InChI is InChI=1S/C26H22N2O3S/c29-24(27-21-14-15-32-23-13-7-6-12-20(21)23)22(16-17-8-2-1-3-9-17)28-25(30)18-10-4-5-11-19(18)26(28)31/h1-13,21-22H,14-16H2,(H,27,29)/t21-,22+/m0/s1. The van der Waals surface area contributed by atoms with Crippen LogP contribution in [0.4, 0.5) is 0 Å². The molecule has 0 unspecified atom stereocenters. The minimum atomic E-state index is -0.924. The summed E-state index contributed by atoms with van der Waals surface area (Å²) in [6, 6.07) is 23.2. The lowest BCUT2D eigenvalue weighted by Gasteiger charge is -2.30. The van der Waals surface area contributed by atoms with Crippen LogP contribution in [-0.2, 0) is 11.2 Å². The summed E-state index contributed by atoms with van der Waals surface area (Å²) < 4.78 is 0. The summed E-state index contributed by atoms with van der Waals surface area (Å²) in [4.78, 5) is 42.2. The van der Waals surface area contributed by atoms with Crippen LogP contribution in [-0.4, -0.2) is 34.4 Å². The largest absolute Gasteiger partial charge is 0.347 e.